The van der Waals surface area contributed by atoms with Crippen molar-refractivity contribution in [2.45, 2.75) is 52.0 Å². The van der Waals surface area contributed by atoms with Gasteiger partial charge in [0.05, 0.1) is 13.2 Å². The highest BCUT2D eigenvalue weighted by molar-refractivity contribution is 5.28. The van der Waals surface area contributed by atoms with Gasteiger partial charge in [0.1, 0.15) is 5.75 Å². The maximum absolute atomic E-state index is 9.59. The van der Waals surface area contributed by atoms with Crippen LogP contribution in [0.5, 0.6) is 5.75 Å². The Morgan fingerprint density at radius 3 is 2.65 bits per heavy atom. The number of nitrogens with one attached hydrogen (secondary N) is 1. The molecule has 3 heteroatoms. The van der Waals surface area contributed by atoms with E-state index in [0.717, 1.165) is 38.0 Å². The van der Waals surface area contributed by atoms with Gasteiger partial charge in [-0.15, -0.1) is 0 Å². The first kappa shape index (κ1) is 17.0. The molecule has 0 aliphatic heterocycles. The molecule has 0 bridgehead atoms. The third-order valence-electron chi connectivity index (χ3n) is 3.91. The molecular formula is C17H29NO2. The van der Waals surface area contributed by atoms with E-state index < -0.39 is 0 Å². The molecular weight excluding hydrogens is 250 g/mol. The molecule has 1 unspecified atom stereocenters. The minimum atomic E-state index is -0.149. The van der Waals surface area contributed by atoms with Crippen molar-refractivity contribution in [3.8, 4) is 5.75 Å². The van der Waals surface area contributed by atoms with Crippen LogP contribution in [0.2, 0.25) is 0 Å². The zero-order valence-electron chi connectivity index (χ0n) is 13.1. The fraction of sp³-hybridized carbons (Fsp3) is 0.647. The Labute approximate surface area is 123 Å². The smallest absolute Gasteiger partial charge is 0.119 e. The van der Waals surface area contributed by atoms with Gasteiger partial charge in [-0.2, -0.15) is 0 Å². The summed E-state index contributed by atoms with van der Waals surface area (Å²) in [6, 6.07) is 8.26. The van der Waals surface area contributed by atoms with Crippen LogP contribution in [0.25, 0.3) is 0 Å². The van der Waals surface area contributed by atoms with Crippen LogP contribution in [0.4, 0.5) is 0 Å². The van der Waals surface area contributed by atoms with E-state index in [1.807, 2.05) is 12.1 Å². The third kappa shape index (κ3) is 5.14. The second-order valence-electron chi connectivity index (χ2n) is 5.28. The molecule has 0 aliphatic carbocycles. The van der Waals surface area contributed by atoms with E-state index in [9.17, 15) is 5.11 Å². The molecule has 3 nitrogen and oxygen atoms in total. The summed E-state index contributed by atoms with van der Waals surface area (Å²) in [5.41, 5.74) is 1.15. The van der Waals surface area contributed by atoms with Crippen LogP contribution in [0, 0.1) is 0 Å². The largest absolute Gasteiger partial charge is 0.494 e. The van der Waals surface area contributed by atoms with Gasteiger partial charge in [0, 0.05) is 5.54 Å². The zero-order valence-corrected chi connectivity index (χ0v) is 13.1. The Hall–Kier alpha value is -1.06. The molecule has 2 N–H and O–H groups in total. The van der Waals surface area contributed by atoms with Crippen molar-refractivity contribution >= 4 is 0 Å². The Morgan fingerprint density at radius 1 is 1.25 bits per heavy atom. The maximum atomic E-state index is 9.59. The first-order chi connectivity index (χ1) is 9.69. The number of aliphatic hydroxyl groups is 1. The number of rotatable bonds is 10. The summed E-state index contributed by atoms with van der Waals surface area (Å²) < 4.78 is 5.80. The molecule has 0 radical (unpaired) electrons. The summed E-state index contributed by atoms with van der Waals surface area (Å²) in [6.45, 7) is 8.10. The summed E-state index contributed by atoms with van der Waals surface area (Å²) in [6.07, 6.45) is 3.84. The van der Waals surface area contributed by atoms with Gasteiger partial charge in [-0.25, -0.2) is 0 Å². The monoisotopic (exact) mass is 279 g/mol. The van der Waals surface area contributed by atoms with Gasteiger partial charge in [0.2, 0.25) is 0 Å². The topological polar surface area (TPSA) is 41.5 Å². The van der Waals surface area contributed by atoms with Crippen molar-refractivity contribution in [1.82, 2.24) is 5.32 Å². The van der Waals surface area contributed by atoms with Crippen molar-refractivity contribution in [3.63, 3.8) is 0 Å². The van der Waals surface area contributed by atoms with Gasteiger partial charge >= 0.3 is 0 Å². The van der Waals surface area contributed by atoms with Crippen molar-refractivity contribution in [2.75, 3.05) is 19.8 Å². The standard InChI is InChI=1S/C17H29NO2/c1-4-15-9-7-10-16(13-15)20-12-8-11-17(5-2,14-19)18-6-3/h7,9-10,13,18-19H,4-6,8,11-12,14H2,1-3H3. The minimum absolute atomic E-state index is 0.149. The summed E-state index contributed by atoms with van der Waals surface area (Å²) in [4.78, 5) is 0. The first-order valence-corrected chi connectivity index (χ1v) is 7.77. The Kier molecular flexibility index (Phi) is 7.63. The van der Waals surface area contributed by atoms with Gasteiger partial charge in [0.15, 0.2) is 0 Å². The summed E-state index contributed by atoms with van der Waals surface area (Å²) >= 11 is 0. The van der Waals surface area contributed by atoms with Crippen LogP contribution in [0.15, 0.2) is 24.3 Å². The van der Waals surface area contributed by atoms with Gasteiger partial charge in [0.25, 0.3) is 0 Å². The van der Waals surface area contributed by atoms with Crippen LogP contribution in [-0.4, -0.2) is 30.4 Å². The second-order valence-corrected chi connectivity index (χ2v) is 5.28. The second kappa shape index (κ2) is 8.98. The summed E-state index contributed by atoms with van der Waals surface area (Å²) in [5.74, 6) is 0.943. The normalized spacial score (nSPS) is 14.0. The zero-order chi connectivity index (χ0) is 14.8. The SMILES string of the molecule is CCNC(CC)(CO)CCCOc1cccc(CC)c1. The summed E-state index contributed by atoms with van der Waals surface area (Å²) in [7, 11) is 0. The average Bonchev–Trinajstić information content (AvgIpc) is 2.50. The molecule has 1 aromatic carbocycles. The fourth-order valence-corrected chi connectivity index (χ4v) is 2.47. The van der Waals surface area contributed by atoms with Crippen molar-refractivity contribution in [1.29, 1.82) is 0 Å². The van der Waals surface area contributed by atoms with E-state index in [4.69, 9.17) is 4.74 Å². The minimum Gasteiger partial charge on any atom is -0.494 e. The molecule has 0 saturated carbocycles. The Morgan fingerprint density at radius 2 is 2.05 bits per heavy atom. The number of benzene rings is 1. The summed E-state index contributed by atoms with van der Waals surface area (Å²) in [5, 5.41) is 13.0. The van der Waals surface area contributed by atoms with E-state index >= 15 is 0 Å². The lowest BCUT2D eigenvalue weighted by atomic mass is 9.91. The lowest BCUT2D eigenvalue weighted by molar-refractivity contribution is 0.139. The number of aryl methyl sites for hydroxylation is 1. The molecule has 114 valence electrons. The lowest BCUT2D eigenvalue weighted by Gasteiger charge is -2.31. The molecule has 0 heterocycles. The van der Waals surface area contributed by atoms with Crippen LogP contribution in [0.3, 0.4) is 0 Å². The first-order valence-electron chi connectivity index (χ1n) is 7.77. The molecule has 0 aromatic heterocycles. The molecule has 0 spiro atoms. The van der Waals surface area contributed by atoms with E-state index in [2.05, 4.69) is 38.2 Å². The predicted molar refractivity (Wildman–Crippen MR) is 84.3 cm³/mol. The molecule has 1 rings (SSSR count). The Bertz CT molecular complexity index is 375. The molecule has 0 aliphatic rings. The predicted octanol–water partition coefficient (Wildman–Crippen LogP) is 3.16. The molecule has 0 saturated heterocycles. The van der Waals surface area contributed by atoms with Crippen LogP contribution < -0.4 is 10.1 Å². The highest BCUT2D eigenvalue weighted by Crippen LogP contribution is 2.18. The number of hydrogen-bond donors (Lipinski definition) is 2. The number of hydrogen-bond acceptors (Lipinski definition) is 3. The van der Waals surface area contributed by atoms with Gasteiger partial charge < -0.3 is 15.2 Å². The molecule has 0 fully saturated rings. The average molecular weight is 279 g/mol. The van der Waals surface area contributed by atoms with E-state index in [1.165, 1.54) is 5.56 Å². The maximum Gasteiger partial charge on any atom is 0.119 e. The van der Waals surface area contributed by atoms with Crippen molar-refractivity contribution < 1.29 is 9.84 Å². The highest BCUT2D eigenvalue weighted by Gasteiger charge is 2.25. The van der Waals surface area contributed by atoms with E-state index in [-0.39, 0.29) is 12.1 Å². The van der Waals surface area contributed by atoms with Gasteiger partial charge in [-0.3, -0.25) is 0 Å². The molecule has 20 heavy (non-hydrogen) atoms. The number of aliphatic hydroxyl groups excluding tert-OH is 1. The van der Waals surface area contributed by atoms with Crippen LogP contribution in [0.1, 0.15) is 45.6 Å². The van der Waals surface area contributed by atoms with Crippen molar-refractivity contribution in [2.24, 2.45) is 0 Å². The van der Waals surface area contributed by atoms with Gasteiger partial charge in [-0.1, -0.05) is 32.9 Å². The molecule has 1 atom stereocenters. The fourth-order valence-electron chi connectivity index (χ4n) is 2.47. The molecule has 1 aromatic rings. The number of ether oxygens (including phenoxy) is 1. The lowest BCUT2D eigenvalue weighted by Crippen LogP contribution is -2.48. The van der Waals surface area contributed by atoms with Crippen LogP contribution in [-0.2, 0) is 6.42 Å². The quantitative estimate of drug-likeness (QED) is 0.646. The molecule has 0 amide bonds. The number of likely N-dealkylation sites (N-methyl/N-ethyl adjacent to an activating group) is 1. The highest BCUT2D eigenvalue weighted by atomic mass is 16.5. The van der Waals surface area contributed by atoms with Gasteiger partial charge in [-0.05, 0) is 49.9 Å². The third-order valence-corrected chi connectivity index (χ3v) is 3.91. The van der Waals surface area contributed by atoms with Crippen molar-refractivity contribution in [3.05, 3.63) is 29.8 Å². The van der Waals surface area contributed by atoms with E-state index in [1.54, 1.807) is 0 Å². The van der Waals surface area contributed by atoms with E-state index in [0.29, 0.717) is 6.61 Å². The Balaban J connectivity index is 2.39. The van der Waals surface area contributed by atoms with Crippen LogP contribution >= 0.6 is 0 Å².